The number of aromatic nitrogens is 3. The van der Waals surface area contributed by atoms with Crippen LogP contribution in [0.4, 0.5) is 0 Å². The average Bonchev–Trinajstić information content (AvgIpc) is 3.90. The van der Waals surface area contributed by atoms with Crippen LogP contribution in [0.3, 0.4) is 0 Å². The summed E-state index contributed by atoms with van der Waals surface area (Å²) in [6, 6.07) is 67.1. The number of hydrogen-bond acceptors (Lipinski definition) is 5. The van der Waals surface area contributed by atoms with Crippen LogP contribution in [0.1, 0.15) is 0 Å². The van der Waals surface area contributed by atoms with Crippen LogP contribution in [0.15, 0.2) is 188 Å². The fourth-order valence-corrected chi connectivity index (χ4v) is 11.3. The molecule has 58 heavy (non-hydrogen) atoms. The molecule has 0 unspecified atom stereocenters. The SMILES string of the molecule is c1ccc(-c2nc(-c3cc4ccccc4c4sc5cccc(-c6ccccc6)c5c34)nc(-c3cc4ccccc4c4sc5cccc(-c6ccccc6)c5c34)n2)cc1. The molecule has 0 spiro atoms. The molecule has 3 heterocycles. The van der Waals surface area contributed by atoms with Crippen LogP contribution < -0.4 is 0 Å². The zero-order valence-corrected chi connectivity index (χ0v) is 32.7. The van der Waals surface area contributed by atoms with Gasteiger partial charge in [0.15, 0.2) is 17.5 Å². The van der Waals surface area contributed by atoms with Crippen LogP contribution in [0.5, 0.6) is 0 Å². The molecule has 0 amide bonds. The monoisotopic (exact) mass is 773 g/mol. The summed E-state index contributed by atoms with van der Waals surface area (Å²) in [6.07, 6.45) is 0. The summed E-state index contributed by atoms with van der Waals surface area (Å²) in [6.45, 7) is 0. The van der Waals surface area contributed by atoms with E-state index in [1.54, 1.807) is 0 Å². The van der Waals surface area contributed by atoms with Gasteiger partial charge < -0.3 is 0 Å². The number of hydrogen-bond donors (Lipinski definition) is 0. The highest BCUT2D eigenvalue weighted by Crippen LogP contribution is 2.49. The van der Waals surface area contributed by atoms with Gasteiger partial charge >= 0.3 is 0 Å². The summed E-state index contributed by atoms with van der Waals surface area (Å²) in [7, 11) is 0. The topological polar surface area (TPSA) is 38.7 Å². The summed E-state index contributed by atoms with van der Waals surface area (Å²) in [4.78, 5) is 16.4. The summed E-state index contributed by atoms with van der Waals surface area (Å²) in [5.41, 5.74) is 7.72. The third kappa shape index (κ3) is 5.21. The molecule has 0 fully saturated rings. The van der Waals surface area contributed by atoms with E-state index in [0.717, 1.165) is 27.5 Å². The van der Waals surface area contributed by atoms with Crippen molar-refractivity contribution < 1.29 is 0 Å². The van der Waals surface area contributed by atoms with Gasteiger partial charge in [-0.25, -0.2) is 15.0 Å². The molecule has 3 aromatic heterocycles. The lowest BCUT2D eigenvalue weighted by molar-refractivity contribution is 1.08. The van der Waals surface area contributed by atoms with Gasteiger partial charge in [-0.2, -0.15) is 0 Å². The molecule has 9 aromatic carbocycles. The summed E-state index contributed by atoms with van der Waals surface area (Å²) in [5.74, 6) is 1.96. The zero-order chi connectivity index (χ0) is 38.2. The molecule has 12 rings (SSSR count). The van der Waals surface area contributed by atoms with Crippen LogP contribution in [0, 0.1) is 0 Å². The number of nitrogens with zero attached hydrogens (tertiary/aromatic N) is 3. The molecule has 0 atom stereocenters. The molecule has 0 aliphatic carbocycles. The van der Waals surface area contributed by atoms with Crippen molar-refractivity contribution in [3.63, 3.8) is 0 Å². The number of rotatable bonds is 5. The molecular weight excluding hydrogens is 743 g/mol. The maximum atomic E-state index is 5.58. The van der Waals surface area contributed by atoms with E-state index in [1.165, 1.54) is 73.4 Å². The van der Waals surface area contributed by atoms with Crippen LogP contribution >= 0.6 is 22.7 Å². The van der Waals surface area contributed by atoms with Crippen molar-refractivity contribution in [3.8, 4) is 56.4 Å². The van der Waals surface area contributed by atoms with Crippen molar-refractivity contribution in [3.05, 3.63) is 188 Å². The third-order valence-electron chi connectivity index (χ3n) is 11.3. The number of fused-ring (bicyclic) bond motifs is 10. The van der Waals surface area contributed by atoms with Crippen LogP contribution in [0.25, 0.3) is 118 Å². The Morgan fingerprint density at radius 3 is 1.16 bits per heavy atom. The van der Waals surface area contributed by atoms with Gasteiger partial charge in [-0.3, -0.25) is 0 Å². The highest BCUT2D eigenvalue weighted by Gasteiger charge is 2.24. The quantitative estimate of drug-likeness (QED) is 0.175. The molecule has 0 N–H and O–H groups in total. The summed E-state index contributed by atoms with van der Waals surface area (Å²) >= 11 is 3.69. The highest BCUT2D eigenvalue weighted by molar-refractivity contribution is 7.27. The van der Waals surface area contributed by atoms with E-state index < -0.39 is 0 Å². The smallest absolute Gasteiger partial charge is 0.164 e. The minimum Gasteiger partial charge on any atom is -0.208 e. The minimum absolute atomic E-state index is 0.647. The Kier molecular flexibility index (Phi) is 7.58. The molecule has 270 valence electrons. The maximum Gasteiger partial charge on any atom is 0.164 e. The molecule has 0 aliphatic heterocycles. The Hall–Kier alpha value is -7.05. The van der Waals surface area contributed by atoms with E-state index >= 15 is 0 Å². The van der Waals surface area contributed by atoms with E-state index in [0.29, 0.717) is 17.5 Å². The first-order valence-electron chi connectivity index (χ1n) is 19.4. The Morgan fingerprint density at radius 1 is 0.293 bits per heavy atom. The van der Waals surface area contributed by atoms with Crippen molar-refractivity contribution in [1.29, 1.82) is 0 Å². The van der Waals surface area contributed by atoms with Crippen molar-refractivity contribution in [2.24, 2.45) is 0 Å². The molecule has 0 saturated carbocycles. The number of benzene rings is 9. The summed E-state index contributed by atoms with van der Waals surface area (Å²) in [5, 5.41) is 9.57. The Labute approximate surface area is 342 Å². The average molecular weight is 774 g/mol. The van der Waals surface area contributed by atoms with Gasteiger partial charge in [0.1, 0.15) is 0 Å². The Bertz CT molecular complexity index is 3340. The summed E-state index contributed by atoms with van der Waals surface area (Å²) < 4.78 is 4.94. The second-order valence-corrected chi connectivity index (χ2v) is 16.8. The minimum atomic E-state index is 0.647. The predicted molar refractivity (Wildman–Crippen MR) is 248 cm³/mol. The first-order chi connectivity index (χ1) is 28.8. The molecule has 0 aliphatic rings. The highest BCUT2D eigenvalue weighted by atomic mass is 32.1. The van der Waals surface area contributed by atoms with E-state index in [-0.39, 0.29) is 0 Å². The first kappa shape index (κ1) is 33.1. The third-order valence-corrected chi connectivity index (χ3v) is 13.7. The lowest BCUT2D eigenvalue weighted by Crippen LogP contribution is -2.01. The normalized spacial score (nSPS) is 11.8. The molecule has 0 saturated heterocycles. The lowest BCUT2D eigenvalue weighted by atomic mass is 9.94. The molecule has 12 aromatic rings. The van der Waals surface area contributed by atoms with Crippen molar-refractivity contribution >= 4 is 84.6 Å². The molecule has 5 heteroatoms. The number of thiophene rings is 2. The Morgan fingerprint density at radius 2 is 0.690 bits per heavy atom. The van der Waals surface area contributed by atoms with Gasteiger partial charge in [0.05, 0.1) is 0 Å². The standard InChI is InChI=1S/C53H31N3S2/c1-4-16-32(17-5-1)37-26-14-28-43-45(37)47-41(30-35-22-10-12-24-39(35)49(47)57-43)52-54-51(34-20-8-3-9-21-34)55-53(56-52)42-31-36-23-11-13-25-40(36)50-48(42)46-38(27-15-29-44(46)58-50)33-18-6-2-7-19-33/h1-31H. The van der Waals surface area contributed by atoms with Crippen LogP contribution in [0.2, 0.25) is 0 Å². The van der Waals surface area contributed by atoms with Gasteiger partial charge in [-0.05, 0) is 68.1 Å². The molecule has 0 bridgehead atoms. The van der Waals surface area contributed by atoms with Crippen molar-refractivity contribution in [2.75, 3.05) is 0 Å². The van der Waals surface area contributed by atoms with Gasteiger partial charge in [-0.1, -0.05) is 164 Å². The van der Waals surface area contributed by atoms with Gasteiger partial charge in [-0.15, -0.1) is 22.7 Å². The molecule has 0 radical (unpaired) electrons. The van der Waals surface area contributed by atoms with E-state index in [2.05, 4.69) is 182 Å². The second kappa shape index (κ2) is 13.3. The lowest BCUT2D eigenvalue weighted by Gasteiger charge is -2.14. The van der Waals surface area contributed by atoms with Crippen molar-refractivity contribution in [2.45, 2.75) is 0 Å². The van der Waals surface area contributed by atoms with E-state index in [9.17, 15) is 0 Å². The Balaban J connectivity index is 1.23. The fraction of sp³-hybridized carbons (Fsp3) is 0. The molecule has 3 nitrogen and oxygen atoms in total. The van der Waals surface area contributed by atoms with Gasteiger partial charge in [0, 0.05) is 57.0 Å². The van der Waals surface area contributed by atoms with Gasteiger partial charge in [0.2, 0.25) is 0 Å². The van der Waals surface area contributed by atoms with Crippen LogP contribution in [-0.2, 0) is 0 Å². The predicted octanol–water partition coefficient (Wildman–Crippen LogP) is 15.2. The molecular formula is C53H31N3S2. The van der Waals surface area contributed by atoms with E-state index in [4.69, 9.17) is 15.0 Å². The fourth-order valence-electron chi connectivity index (χ4n) is 8.71. The van der Waals surface area contributed by atoms with Crippen LogP contribution in [-0.4, -0.2) is 15.0 Å². The second-order valence-electron chi connectivity index (χ2n) is 14.7. The zero-order valence-electron chi connectivity index (χ0n) is 31.1. The largest absolute Gasteiger partial charge is 0.208 e. The maximum absolute atomic E-state index is 5.58. The van der Waals surface area contributed by atoms with Gasteiger partial charge in [0.25, 0.3) is 0 Å². The van der Waals surface area contributed by atoms with E-state index in [1.807, 2.05) is 28.7 Å². The van der Waals surface area contributed by atoms with Crippen molar-refractivity contribution in [1.82, 2.24) is 15.0 Å². The first-order valence-corrected chi connectivity index (χ1v) is 21.1.